The molecule has 1 N–H and O–H groups in total. The van der Waals surface area contributed by atoms with Crippen LogP contribution in [-0.2, 0) is 4.79 Å². The first-order chi connectivity index (χ1) is 8.00. The van der Waals surface area contributed by atoms with Crippen LogP contribution in [-0.4, -0.2) is 17.4 Å². The minimum absolute atomic E-state index is 0.0908. The largest absolute Gasteiger partial charge is 0.325 e. The second-order valence-electron chi connectivity index (χ2n) is 4.72. The molecule has 94 valence electrons. The highest BCUT2D eigenvalue weighted by molar-refractivity contribution is 7.99. The van der Waals surface area contributed by atoms with Crippen LogP contribution in [0.15, 0.2) is 18.2 Å². The van der Waals surface area contributed by atoms with Gasteiger partial charge in [0.25, 0.3) is 0 Å². The van der Waals surface area contributed by atoms with E-state index in [4.69, 9.17) is 0 Å². The first kappa shape index (κ1) is 14.1. The number of aryl methyl sites for hydroxylation is 2. The monoisotopic (exact) mass is 251 g/mol. The van der Waals surface area contributed by atoms with Crippen molar-refractivity contribution < 1.29 is 4.79 Å². The number of rotatable bonds is 5. The summed E-state index contributed by atoms with van der Waals surface area (Å²) in [5.41, 5.74) is 3.20. The van der Waals surface area contributed by atoms with E-state index in [1.165, 1.54) is 0 Å². The number of thioether (sulfide) groups is 1. The summed E-state index contributed by atoms with van der Waals surface area (Å²) < 4.78 is 0. The van der Waals surface area contributed by atoms with Gasteiger partial charge in [-0.25, -0.2) is 0 Å². The van der Waals surface area contributed by atoms with Gasteiger partial charge < -0.3 is 5.32 Å². The SMILES string of the molecule is Cc1cccc(C)c1NC(=O)CSCC(C)C. The Morgan fingerprint density at radius 2 is 1.88 bits per heavy atom. The third kappa shape index (κ3) is 4.82. The molecule has 2 nitrogen and oxygen atoms in total. The quantitative estimate of drug-likeness (QED) is 0.865. The molecule has 1 aromatic carbocycles. The van der Waals surface area contributed by atoms with Gasteiger partial charge in [-0.05, 0) is 36.6 Å². The Morgan fingerprint density at radius 3 is 2.41 bits per heavy atom. The number of nitrogens with one attached hydrogen (secondary N) is 1. The predicted octanol–water partition coefficient (Wildman–Crippen LogP) is 3.63. The van der Waals surface area contributed by atoms with Crippen molar-refractivity contribution in [2.45, 2.75) is 27.7 Å². The third-order valence-electron chi connectivity index (χ3n) is 2.43. The van der Waals surface area contributed by atoms with Crippen LogP contribution in [0.3, 0.4) is 0 Å². The number of hydrogen-bond donors (Lipinski definition) is 1. The van der Waals surface area contributed by atoms with Gasteiger partial charge in [0.2, 0.25) is 5.91 Å². The smallest absolute Gasteiger partial charge is 0.234 e. The van der Waals surface area contributed by atoms with Crippen LogP contribution in [0.2, 0.25) is 0 Å². The van der Waals surface area contributed by atoms with Gasteiger partial charge in [0, 0.05) is 5.69 Å². The molecule has 0 aliphatic carbocycles. The molecule has 0 aromatic heterocycles. The Morgan fingerprint density at radius 1 is 1.29 bits per heavy atom. The summed E-state index contributed by atoms with van der Waals surface area (Å²) >= 11 is 1.69. The van der Waals surface area contributed by atoms with Crippen LogP contribution < -0.4 is 5.32 Å². The van der Waals surface area contributed by atoms with Crippen molar-refractivity contribution >= 4 is 23.4 Å². The summed E-state index contributed by atoms with van der Waals surface area (Å²) in [6, 6.07) is 6.04. The molecule has 0 radical (unpaired) electrons. The fraction of sp³-hybridized carbons (Fsp3) is 0.500. The fourth-order valence-corrected chi connectivity index (χ4v) is 2.42. The van der Waals surface area contributed by atoms with Crippen molar-refractivity contribution in [3.8, 4) is 0 Å². The molecule has 1 rings (SSSR count). The lowest BCUT2D eigenvalue weighted by atomic mass is 10.1. The summed E-state index contributed by atoms with van der Waals surface area (Å²) in [5.74, 6) is 2.28. The number of hydrogen-bond acceptors (Lipinski definition) is 2. The second-order valence-corrected chi connectivity index (χ2v) is 5.75. The van der Waals surface area contributed by atoms with E-state index in [0.717, 1.165) is 22.6 Å². The lowest BCUT2D eigenvalue weighted by Crippen LogP contribution is -2.16. The van der Waals surface area contributed by atoms with E-state index in [9.17, 15) is 4.79 Å². The number of benzene rings is 1. The molecule has 0 fully saturated rings. The highest BCUT2D eigenvalue weighted by atomic mass is 32.2. The summed E-state index contributed by atoms with van der Waals surface area (Å²) in [6.45, 7) is 8.36. The molecule has 0 spiro atoms. The zero-order chi connectivity index (χ0) is 12.8. The van der Waals surface area contributed by atoms with Crippen molar-refractivity contribution in [3.63, 3.8) is 0 Å². The molecular formula is C14H21NOS. The summed E-state index contributed by atoms with van der Waals surface area (Å²) in [7, 11) is 0. The lowest BCUT2D eigenvalue weighted by molar-refractivity contribution is -0.113. The number of amides is 1. The standard InChI is InChI=1S/C14H21NOS/c1-10(2)8-17-9-13(16)15-14-11(3)6-5-7-12(14)4/h5-7,10H,8-9H2,1-4H3,(H,15,16). The zero-order valence-electron chi connectivity index (χ0n) is 11.0. The van der Waals surface area contributed by atoms with Crippen molar-refractivity contribution in [3.05, 3.63) is 29.3 Å². The van der Waals surface area contributed by atoms with Crippen LogP contribution in [0, 0.1) is 19.8 Å². The van der Waals surface area contributed by atoms with Crippen LogP contribution >= 0.6 is 11.8 Å². The molecule has 0 unspecified atom stereocenters. The van der Waals surface area contributed by atoms with Crippen molar-refractivity contribution in [1.29, 1.82) is 0 Å². The minimum atomic E-state index is 0.0908. The number of carbonyl (C=O) groups is 1. The number of carbonyl (C=O) groups excluding carboxylic acids is 1. The second kappa shape index (κ2) is 6.70. The Hall–Kier alpha value is -0.960. The summed E-state index contributed by atoms with van der Waals surface area (Å²) in [4.78, 5) is 11.8. The topological polar surface area (TPSA) is 29.1 Å². The van der Waals surface area contributed by atoms with Gasteiger partial charge >= 0.3 is 0 Å². The summed E-state index contributed by atoms with van der Waals surface area (Å²) in [5, 5.41) is 2.99. The molecule has 0 aliphatic rings. The van der Waals surface area contributed by atoms with Crippen LogP contribution in [0.4, 0.5) is 5.69 Å². The van der Waals surface area contributed by atoms with Crippen LogP contribution in [0.1, 0.15) is 25.0 Å². The Bertz CT molecular complexity index is 368. The molecule has 0 heterocycles. The summed E-state index contributed by atoms with van der Waals surface area (Å²) in [6.07, 6.45) is 0. The molecular weight excluding hydrogens is 230 g/mol. The van der Waals surface area contributed by atoms with E-state index in [1.807, 2.05) is 32.0 Å². The van der Waals surface area contributed by atoms with Gasteiger partial charge in [0.15, 0.2) is 0 Å². The molecule has 0 aliphatic heterocycles. The van der Waals surface area contributed by atoms with Gasteiger partial charge in [-0.2, -0.15) is 11.8 Å². The van der Waals surface area contributed by atoms with Crippen LogP contribution in [0.25, 0.3) is 0 Å². The molecule has 0 atom stereocenters. The Balaban J connectivity index is 2.51. The van der Waals surface area contributed by atoms with Crippen molar-refractivity contribution in [1.82, 2.24) is 0 Å². The first-order valence-electron chi connectivity index (χ1n) is 5.94. The maximum absolute atomic E-state index is 11.8. The number of para-hydroxylation sites is 1. The van der Waals surface area contributed by atoms with E-state index in [0.29, 0.717) is 11.7 Å². The first-order valence-corrected chi connectivity index (χ1v) is 7.10. The average Bonchev–Trinajstić information content (AvgIpc) is 2.23. The maximum atomic E-state index is 11.8. The third-order valence-corrected chi connectivity index (χ3v) is 3.80. The van der Waals surface area contributed by atoms with Crippen LogP contribution in [0.5, 0.6) is 0 Å². The van der Waals surface area contributed by atoms with Gasteiger partial charge in [-0.1, -0.05) is 32.0 Å². The highest BCUT2D eigenvalue weighted by Crippen LogP contribution is 2.19. The fourth-order valence-electron chi connectivity index (χ4n) is 1.57. The molecule has 1 aromatic rings. The van der Waals surface area contributed by atoms with E-state index in [1.54, 1.807) is 11.8 Å². The highest BCUT2D eigenvalue weighted by Gasteiger charge is 2.07. The zero-order valence-corrected chi connectivity index (χ0v) is 11.9. The maximum Gasteiger partial charge on any atom is 0.234 e. The Labute approximate surface area is 108 Å². The predicted molar refractivity (Wildman–Crippen MR) is 76.7 cm³/mol. The molecule has 0 saturated heterocycles. The van der Waals surface area contributed by atoms with E-state index in [-0.39, 0.29) is 5.91 Å². The molecule has 17 heavy (non-hydrogen) atoms. The average molecular weight is 251 g/mol. The molecule has 0 saturated carbocycles. The normalized spacial score (nSPS) is 10.6. The van der Waals surface area contributed by atoms with Gasteiger partial charge in [-0.3, -0.25) is 4.79 Å². The molecule has 3 heteroatoms. The molecule has 0 bridgehead atoms. The van der Waals surface area contributed by atoms with Crippen molar-refractivity contribution in [2.75, 3.05) is 16.8 Å². The van der Waals surface area contributed by atoms with E-state index in [2.05, 4.69) is 19.2 Å². The van der Waals surface area contributed by atoms with E-state index < -0.39 is 0 Å². The minimum Gasteiger partial charge on any atom is -0.325 e. The van der Waals surface area contributed by atoms with Gasteiger partial charge in [0.05, 0.1) is 5.75 Å². The lowest BCUT2D eigenvalue weighted by Gasteiger charge is -2.11. The number of anilines is 1. The van der Waals surface area contributed by atoms with Gasteiger partial charge in [-0.15, -0.1) is 0 Å². The van der Waals surface area contributed by atoms with Gasteiger partial charge in [0.1, 0.15) is 0 Å². The molecule has 1 amide bonds. The van der Waals surface area contributed by atoms with Crippen molar-refractivity contribution in [2.24, 2.45) is 5.92 Å². The Kier molecular flexibility index (Phi) is 5.56. The van der Waals surface area contributed by atoms with E-state index >= 15 is 0 Å².